The van der Waals surface area contributed by atoms with Gasteiger partial charge >= 0.3 is 5.97 Å². The van der Waals surface area contributed by atoms with E-state index in [1.54, 1.807) is 6.08 Å². The molecule has 0 aromatic rings. The summed E-state index contributed by atoms with van der Waals surface area (Å²) in [5.74, 6) is -0.0912. The molecule has 3 N–H and O–H groups in total. The van der Waals surface area contributed by atoms with Gasteiger partial charge in [0.2, 0.25) is 5.91 Å². The Bertz CT molecular complexity index is 1250. The summed E-state index contributed by atoms with van der Waals surface area (Å²) in [6.45, 7) is 4.90. The maximum Gasteiger partial charge on any atom is 0.305 e. The molecular weight excluding hydrogens is 947 g/mol. The van der Waals surface area contributed by atoms with Crippen molar-refractivity contribution < 1.29 is 24.5 Å². The molecule has 0 aliphatic rings. The van der Waals surface area contributed by atoms with E-state index in [-0.39, 0.29) is 18.5 Å². The number of aliphatic hydroxyl groups is 2. The maximum atomic E-state index is 12.5. The SMILES string of the molecule is CCCCCCCCCCCCCCCCCCCCCCCC/C=C/C(O)C(CO)NC(=O)CCCCCCCCC/C=C\C/C=C\CCCCCOC(=O)CCCCCCCCCCCCCCCCCCCCC. The summed E-state index contributed by atoms with van der Waals surface area (Å²) in [7, 11) is 0. The Balaban J connectivity index is 3.49. The van der Waals surface area contributed by atoms with E-state index in [0.29, 0.717) is 19.4 Å². The minimum absolute atomic E-state index is 0.0109. The molecule has 0 aromatic carbocycles. The number of hydrogen-bond donors (Lipinski definition) is 3. The Kier molecular flexibility index (Phi) is 64.9. The minimum Gasteiger partial charge on any atom is -0.466 e. The van der Waals surface area contributed by atoms with Crippen molar-refractivity contribution in [1.29, 1.82) is 0 Å². The molecule has 0 aliphatic carbocycles. The van der Waals surface area contributed by atoms with Crippen LogP contribution in [0.3, 0.4) is 0 Å². The van der Waals surface area contributed by atoms with Crippen LogP contribution in [0.25, 0.3) is 0 Å². The van der Waals surface area contributed by atoms with Gasteiger partial charge in [-0.25, -0.2) is 0 Å². The summed E-state index contributed by atoms with van der Waals surface area (Å²) in [5, 5.41) is 23.2. The number of esters is 1. The van der Waals surface area contributed by atoms with E-state index in [1.165, 1.54) is 270 Å². The molecule has 77 heavy (non-hydrogen) atoms. The molecular formula is C71H135NO5. The standard InChI is InChI=1S/C71H135NO5/c1-3-5-7-9-11-13-15-17-19-21-23-24-25-26-27-29-31-35-39-43-47-51-55-59-63-69(74)68(67-73)72-70(75)64-60-56-52-48-44-40-36-32-30-34-38-42-46-50-54-58-62-66-77-71(76)65-61-57-53-49-45-41-37-33-28-22-20-18-16-14-12-10-8-6-4-2/h30,34,42,46,59,63,68-69,73-74H,3-29,31-33,35-41,43-45,47-58,60-62,64-67H2,1-2H3,(H,72,75)/b34-30-,46-42-,63-59+. The largest absolute Gasteiger partial charge is 0.466 e. The lowest BCUT2D eigenvalue weighted by atomic mass is 10.0. The first-order chi connectivity index (χ1) is 38.0. The zero-order valence-electron chi connectivity index (χ0n) is 52.0. The third-order valence-corrected chi connectivity index (χ3v) is 16.2. The second kappa shape index (κ2) is 66.6. The van der Waals surface area contributed by atoms with Crippen molar-refractivity contribution in [3.8, 4) is 0 Å². The molecule has 0 fully saturated rings. The van der Waals surface area contributed by atoms with E-state index in [4.69, 9.17) is 4.74 Å². The number of aliphatic hydroxyl groups excluding tert-OH is 2. The number of carbonyl (C=O) groups excluding carboxylic acids is 2. The zero-order valence-corrected chi connectivity index (χ0v) is 52.0. The minimum atomic E-state index is -0.857. The van der Waals surface area contributed by atoms with Crippen molar-refractivity contribution >= 4 is 11.9 Å². The average Bonchev–Trinajstić information content (AvgIpc) is 3.43. The molecule has 0 saturated carbocycles. The van der Waals surface area contributed by atoms with Crippen LogP contribution in [0.2, 0.25) is 0 Å². The second-order valence-corrected chi connectivity index (χ2v) is 23.9. The van der Waals surface area contributed by atoms with Gasteiger partial charge in [0.1, 0.15) is 0 Å². The maximum absolute atomic E-state index is 12.5. The molecule has 1 amide bonds. The summed E-state index contributed by atoms with van der Waals surface area (Å²) in [6, 6.07) is -0.642. The summed E-state index contributed by atoms with van der Waals surface area (Å²) in [4.78, 5) is 24.6. The number of ether oxygens (including phenoxy) is 1. The van der Waals surface area contributed by atoms with Gasteiger partial charge in [-0.05, 0) is 70.6 Å². The summed E-state index contributed by atoms with van der Waals surface area (Å²) in [5.41, 5.74) is 0. The summed E-state index contributed by atoms with van der Waals surface area (Å²) >= 11 is 0. The average molecular weight is 1080 g/mol. The molecule has 0 saturated heterocycles. The van der Waals surface area contributed by atoms with Crippen molar-refractivity contribution in [2.75, 3.05) is 13.2 Å². The van der Waals surface area contributed by atoms with Gasteiger partial charge in [0.15, 0.2) is 0 Å². The Labute approximate surface area is 481 Å². The van der Waals surface area contributed by atoms with E-state index >= 15 is 0 Å². The molecule has 6 heteroatoms. The lowest BCUT2D eigenvalue weighted by molar-refractivity contribution is -0.143. The Morgan fingerprint density at radius 2 is 0.649 bits per heavy atom. The topological polar surface area (TPSA) is 95.9 Å². The lowest BCUT2D eigenvalue weighted by Crippen LogP contribution is -2.45. The third kappa shape index (κ3) is 63.1. The molecule has 0 aliphatic heterocycles. The van der Waals surface area contributed by atoms with Gasteiger partial charge in [0.25, 0.3) is 0 Å². The van der Waals surface area contributed by atoms with E-state index < -0.39 is 12.1 Å². The number of rotatable bonds is 65. The number of hydrogen-bond acceptors (Lipinski definition) is 5. The van der Waals surface area contributed by atoms with E-state index in [9.17, 15) is 19.8 Å². The lowest BCUT2D eigenvalue weighted by Gasteiger charge is -2.20. The van der Waals surface area contributed by atoms with Gasteiger partial charge in [-0.15, -0.1) is 0 Å². The smallest absolute Gasteiger partial charge is 0.305 e. The number of allylic oxidation sites excluding steroid dienone is 5. The molecule has 2 unspecified atom stereocenters. The first kappa shape index (κ1) is 75.1. The van der Waals surface area contributed by atoms with Gasteiger partial charge in [0, 0.05) is 12.8 Å². The molecule has 6 nitrogen and oxygen atoms in total. The molecule has 0 aromatic heterocycles. The molecule has 0 heterocycles. The highest BCUT2D eigenvalue weighted by Crippen LogP contribution is 2.18. The van der Waals surface area contributed by atoms with Crippen LogP contribution in [-0.4, -0.2) is 47.4 Å². The second-order valence-electron chi connectivity index (χ2n) is 23.9. The summed E-state index contributed by atoms with van der Waals surface area (Å²) in [6.07, 6.45) is 85.0. The molecule has 2 atom stereocenters. The van der Waals surface area contributed by atoms with Crippen molar-refractivity contribution in [3.63, 3.8) is 0 Å². The Morgan fingerprint density at radius 1 is 0.364 bits per heavy atom. The number of unbranched alkanes of at least 4 members (excludes halogenated alkanes) is 50. The zero-order chi connectivity index (χ0) is 55.7. The van der Waals surface area contributed by atoms with Crippen LogP contribution in [0.1, 0.15) is 380 Å². The highest BCUT2D eigenvalue weighted by atomic mass is 16.5. The van der Waals surface area contributed by atoms with Crippen LogP contribution in [0.4, 0.5) is 0 Å². The fourth-order valence-electron chi connectivity index (χ4n) is 10.8. The van der Waals surface area contributed by atoms with Crippen LogP contribution in [0, 0.1) is 0 Å². The van der Waals surface area contributed by atoms with Gasteiger partial charge in [-0.2, -0.15) is 0 Å². The van der Waals surface area contributed by atoms with Crippen molar-refractivity contribution in [1.82, 2.24) is 5.32 Å². The predicted octanol–water partition coefficient (Wildman–Crippen LogP) is 22.3. The van der Waals surface area contributed by atoms with Crippen LogP contribution in [-0.2, 0) is 14.3 Å². The predicted molar refractivity (Wildman–Crippen MR) is 338 cm³/mol. The van der Waals surface area contributed by atoms with Crippen LogP contribution >= 0.6 is 0 Å². The molecule has 0 bridgehead atoms. The number of nitrogens with one attached hydrogen (secondary N) is 1. The first-order valence-electron chi connectivity index (χ1n) is 34.8. The van der Waals surface area contributed by atoms with Crippen LogP contribution < -0.4 is 5.32 Å². The van der Waals surface area contributed by atoms with Gasteiger partial charge < -0.3 is 20.3 Å². The fourth-order valence-corrected chi connectivity index (χ4v) is 10.8. The normalized spacial score (nSPS) is 12.7. The molecule has 0 rings (SSSR count). The summed E-state index contributed by atoms with van der Waals surface area (Å²) < 4.78 is 5.48. The third-order valence-electron chi connectivity index (χ3n) is 16.2. The molecule has 0 radical (unpaired) electrons. The Hall–Kier alpha value is -1.92. The van der Waals surface area contributed by atoms with Crippen molar-refractivity contribution in [3.05, 3.63) is 36.5 Å². The van der Waals surface area contributed by atoms with Crippen LogP contribution in [0.5, 0.6) is 0 Å². The highest BCUT2D eigenvalue weighted by molar-refractivity contribution is 5.76. The number of amides is 1. The monoisotopic (exact) mass is 1080 g/mol. The highest BCUT2D eigenvalue weighted by Gasteiger charge is 2.18. The van der Waals surface area contributed by atoms with E-state index in [2.05, 4.69) is 43.5 Å². The number of carbonyl (C=O) groups is 2. The van der Waals surface area contributed by atoms with Crippen molar-refractivity contribution in [2.24, 2.45) is 0 Å². The van der Waals surface area contributed by atoms with Gasteiger partial charge in [0.05, 0.1) is 25.4 Å². The molecule has 0 spiro atoms. The first-order valence-corrected chi connectivity index (χ1v) is 34.8. The van der Waals surface area contributed by atoms with E-state index in [1.807, 2.05) is 6.08 Å². The fraction of sp³-hybridized carbons (Fsp3) is 0.887. The quantitative estimate of drug-likeness (QED) is 0.0320. The van der Waals surface area contributed by atoms with E-state index in [0.717, 1.165) is 83.5 Å². The van der Waals surface area contributed by atoms with Crippen LogP contribution in [0.15, 0.2) is 36.5 Å². The van der Waals surface area contributed by atoms with Crippen molar-refractivity contribution in [2.45, 2.75) is 392 Å². The van der Waals surface area contributed by atoms with Gasteiger partial charge in [-0.1, -0.05) is 333 Å². The van der Waals surface area contributed by atoms with Gasteiger partial charge in [-0.3, -0.25) is 9.59 Å². The Morgan fingerprint density at radius 3 is 0.987 bits per heavy atom. The molecule has 454 valence electrons.